The van der Waals surface area contributed by atoms with Crippen LogP contribution in [-0.2, 0) is 6.54 Å². The standard InChI is InChI=1S/C15H25ClN2O/c1-3-5-6-7-8-9-10-14(19)15-13(16)12-17-18(15)11-4-2/h12H,3-11H2,1-2H3. The molecule has 0 atom stereocenters. The van der Waals surface area contributed by atoms with Gasteiger partial charge in [-0.1, -0.05) is 57.6 Å². The van der Waals surface area contributed by atoms with Gasteiger partial charge in [0.05, 0.1) is 11.2 Å². The van der Waals surface area contributed by atoms with E-state index < -0.39 is 0 Å². The molecule has 0 bridgehead atoms. The van der Waals surface area contributed by atoms with E-state index in [4.69, 9.17) is 11.6 Å². The van der Waals surface area contributed by atoms with Crippen LogP contribution in [0.1, 0.15) is 75.7 Å². The van der Waals surface area contributed by atoms with E-state index in [1.54, 1.807) is 10.9 Å². The number of unbranched alkanes of at least 4 members (excludes halogenated alkanes) is 5. The van der Waals surface area contributed by atoms with Gasteiger partial charge in [0.25, 0.3) is 0 Å². The normalized spacial score (nSPS) is 10.9. The highest BCUT2D eigenvalue weighted by Gasteiger charge is 2.16. The zero-order chi connectivity index (χ0) is 14.1. The second kappa shape index (κ2) is 9.13. The molecule has 0 radical (unpaired) electrons. The number of aryl methyl sites for hydroxylation is 1. The second-order valence-electron chi connectivity index (χ2n) is 5.01. The highest BCUT2D eigenvalue weighted by atomic mass is 35.5. The molecule has 0 fully saturated rings. The number of rotatable bonds is 10. The topological polar surface area (TPSA) is 34.9 Å². The number of nitrogens with zero attached hydrogens (tertiary/aromatic N) is 2. The van der Waals surface area contributed by atoms with Crippen LogP contribution in [0.25, 0.3) is 0 Å². The molecular weight excluding hydrogens is 260 g/mol. The van der Waals surface area contributed by atoms with Gasteiger partial charge in [0.1, 0.15) is 5.69 Å². The van der Waals surface area contributed by atoms with E-state index in [1.165, 1.54) is 25.7 Å². The molecule has 108 valence electrons. The van der Waals surface area contributed by atoms with Crippen molar-refractivity contribution in [2.75, 3.05) is 0 Å². The molecule has 0 aliphatic rings. The molecule has 0 spiro atoms. The molecule has 0 unspecified atom stereocenters. The average Bonchev–Trinajstić information content (AvgIpc) is 2.75. The van der Waals surface area contributed by atoms with Gasteiger partial charge in [0.15, 0.2) is 5.78 Å². The Bertz CT molecular complexity index is 387. The number of carbonyl (C=O) groups excluding carboxylic acids is 1. The average molecular weight is 285 g/mol. The first-order valence-corrected chi connectivity index (χ1v) is 7.83. The van der Waals surface area contributed by atoms with Crippen molar-refractivity contribution in [1.29, 1.82) is 0 Å². The highest BCUT2D eigenvalue weighted by Crippen LogP contribution is 2.19. The third-order valence-electron chi connectivity index (χ3n) is 3.25. The Kier molecular flexibility index (Phi) is 7.80. The minimum atomic E-state index is 0.131. The van der Waals surface area contributed by atoms with Gasteiger partial charge in [-0.05, 0) is 12.8 Å². The molecule has 1 rings (SSSR count). The van der Waals surface area contributed by atoms with Gasteiger partial charge < -0.3 is 0 Å². The van der Waals surface area contributed by atoms with Gasteiger partial charge in [0.2, 0.25) is 0 Å². The van der Waals surface area contributed by atoms with Crippen LogP contribution in [0.2, 0.25) is 5.02 Å². The highest BCUT2D eigenvalue weighted by molar-refractivity contribution is 6.33. The maximum atomic E-state index is 12.2. The van der Waals surface area contributed by atoms with Crippen molar-refractivity contribution in [2.45, 2.75) is 71.8 Å². The number of hydrogen-bond donors (Lipinski definition) is 0. The predicted octanol–water partition coefficient (Wildman–Crippen LogP) is 4.88. The molecule has 0 aliphatic carbocycles. The molecule has 0 aromatic carbocycles. The first-order valence-electron chi connectivity index (χ1n) is 7.45. The summed E-state index contributed by atoms with van der Waals surface area (Å²) < 4.78 is 1.74. The van der Waals surface area contributed by atoms with E-state index in [0.29, 0.717) is 17.1 Å². The lowest BCUT2D eigenvalue weighted by molar-refractivity contribution is 0.0968. The number of aromatic nitrogens is 2. The Labute approximate surface area is 121 Å². The number of halogens is 1. The first-order chi connectivity index (χ1) is 9.20. The van der Waals surface area contributed by atoms with Crippen molar-refractivity contribution in [3.05, 3.63) is 16.9 Å². The molecule has 0 aliphatic heterocycles. The maximum Gasteiger partial charge on any atom is 0.182 e. The summed E-state index contributed by atoms with van der Waals surface area (Å²) in [4.78, 5) is 12.2. The molecule has 1 heterocycles. The van der Waals surface area contributed by atoms with Gasteiger partial charge in [-0.3, -0.25) is 9.48 Å². The number of carbonyl (C=O) groups is 1. The van der Waals surface area contributed by atoms with Crippen LogP contribution in [0.4, 0.5) is 0 Å². The summed E-state index contributed by atoms with van der Waals surface area (Å²) in [6.45, 7) is 5.03. The van der Waals surface area contributed by atoms with Crippen LogP contribution in [0.3, 0.4) is 0 Å². The maximum absolute atomic E-state index is 12.2. The lowest BCUT2D eigenvalue weighted by Gasteiger charge is -2.06. The van der Waals surface area contributed by atoms with Crippen molar-refractivity contribution in [1.82, 2.24) is 9.78 Å². The lowest BCUT2D eigenvalue weighted by atomic mass is 10.1. The van der Waals surface area contributed by atoms with Crippen molar-refractivity contribution in [2.24, 2.45) is 0 Å². The zero-order valence-corrected chi connectivity index (χ0v) is 12.9. The minimum Gasteiger partial charge on any atom is -0.292 e. The molecule has 1 aromatic rings. The Morgan fingerprint density at radius 2 is 1.84 bits per heavy atom. The van der Waals surface area contributed by atoms with E-state index in [0.717, 1.165) is 25.8 Å². The van der Waals surface area contributed by atoms with Crippen molar-refractivity contribution in [3.63, 3.8) is 0 Å². The number of Topliss-reactive ketones (excluding diaryl/α,β-unsaturated/α-hetero) is 1. The van der Waals surface area contributed by atoms with Crippen LogP contribution < -0.4 is 0 Å². The molecule has 0 amide bonds. The van der Waals surface area contributed by atoms with Crippen molar-refractivity contribution >= 4 is 17.4 Å². The third kappa shape index (κ3) is 5.35. The fraction of sp³-hybridized carbons (Fsp3) is 0.733. The molecule has 0 N–H and O–H groups in total. The summed E-state index contributed by atoms with van der Waals surface area (Å²) in [7, 11) is 0. The van der Waals surface area contributed by atoms with Crippen LogP contribution in [0.15, 0.2) is 6.20 Å². The Morgan fingerprint density at radius 3 is 2.53 bits per heavy atom. The molecule has 0 saturated heterocycles. The monoisotopic (exact) mass is 284 g/mol. The van der Waals surface area contributed by atoms with Crippen LogP contribution in [0, 0.1) is 0 Å². The Hall–Kier alpha value is -0.830. The van der Waals surface area contributed by atoms with E-state index in [-0.39, 0.29) is 5.78 Å². The quantitative estimate of drug-likeness (QED) is 0.453. The number of hydrogen-bond acceptors (Lipinski definition) is 2. The lowest BCUT2D eigenvalue weighted by Crippen LogP contribution is -2.11. The van der Waals surface area contributed by atoms with E-state index in [2.05, 4.69) is 18.9 Å². The van der Waals surface area contributed by atoms with E-state index in [1.807, 2.05) is 0 Å². The van der Waals surface area contributed by atoms with Gasteiger partial charge in [-0.25, -0.2) is 0 Å². The zero-order valence-electron chi connectivity index (χ0n) is 12.1. The largest absolute Gasteiger partial charge is 0.292 e. The summed E-state index contributed by atoms with van der Waals surface area (Å²) in [5.74, 6) is 0.131. The van der Waals surface area contributed by atoms with Crippen LogP contribution >= 0.6 is 11.6 Å². The van der Waals surface area contributed by atoms with Crippen LogP contribution in [-0.4, -0.2) is 15.6 Å². The smallest absolute Gasteiger partial charge is 0.182 e. The van der Waals surface area contributed by atoms with Gasteiger partial charge in [-0.15, -0.1) is 0 Å². The summed E-state index contributed by atoms with van der Waals surface area (Å²) in [5.41, 5.74) is 0.595. The molecule has 19 heavy (non-hydrogen) atoms. The van der Waals surface area contributed by atoms with Crippen molar-refractivity contribution < 1.29 is 4.79 Å². The Balaban J connectivity index is 2.38. The molecule has 1 aromatic heterocycles. The SMILES string of the molecule is CCCCCCCCC(=O)c1c(Cl)cnn1CCC. The summed E-state index contributed by atoms with van der Waals surface area (Å²) in [6, 6.07) is 0. The summed E-state index contributed by atoms with van der Waals surface area (Å²) in [5, 5.41) is 4.65. The van der Waals surface area contributed by atoms with Gasteiger partial charge in [0, 0.05) is 13.0 Å². The third-order valence-corrected chi connectivity index (χ3v) is 3.53. The molecule has 4 heteroatoms. The minimum absolute atomic E-state index is 0.131. The summed E-state index contributed by atoms with van der Waals surface area (Å²) >= 11 is 6.05. The van der Waals surface area contributed by atoms with Gasteiger partial charge >= 0.3 is 0 Å². The van der Waals surface area contributed by atoms with E-state index >= 15 is 0 Å². The van der Waals surface area contributed by atoms with Gasteiger partial charge in [-0.2, -0.15) is 5.10 Å². The van der Waals surface area contributed by atoms with Crippen molar-refractivity contribution in [3.8, 4) is 0 Å². The van der Waals surface area contributed by atoms with E-state index in [9.17, 15) is 4.79 Å². The molecular formula is C15H25ClN2O. The molecule has 3 nitrogen and oxygen atoms in total. The molecule has 0 saturated carbocycles. The summed E-state index contributed by atoms with van der Waals surface area (Å²) in [6.07, 6.45) is 10.2. The predicted molar refractivity (Wildman–Crippen MR) is 79.9 cm³/mol. The fourth-order valence-corrected chi connectivity index (χ4v) is 2.45. The Morgan fingerprint density at radius 1 is 1.16 bits per heavy atom. The second-order valence-corrected chi connectivity index (χ2v) is 5.41. The number of ketones is 1. The first kappa shape index (κ1) is 16.2. The van der Waals surface area contributed by atoms with Crippen LogP contribution in [0.5, 0.6) is 0 Å². The fourth-order valence-electron chi connectivity index (χ4n) is 2.21.